The minimum atomic E-state index is -0.448. The maximum Gasteiger partial charge on any atom is 0.251 e. The molecule has 1 amide bonds. The maximum atomic E-state index is 12.8. The second-order valence-corrected chi connectivity index (χ2v) is 7.02. The van der Waals surface area contributed by atoms with Crippen LogP contribution in [-0.4, -0.2) is 27.7 Å². The molecule has 8 nitrogen and oxygen atoms in total. The number of nitrogens with one attached hydrogen (secondary N) is 2. The second kappa shape index (κ2) is 7.75. The van der Waals surface area contributed by atoms with Gasteiger partial charge in [0, 0.05) is 29.6 Å². The first-order valence-electron chi connectivity index (χ1n) is 9.23. The molecule has 0 saturated carbocycles. The largest absolute Gasteiger partial charge is 0.454 e. The standard InChI is InChI=1S/C21H20N4O4/c1-12(2)19(25-21(27)14-3-4-16-17(9-14)29-11-28-16)15-10-18(26)24-20(23-15)13-5-7-22-8-6-13/h3-10,12,19H,11H2,1-2H3,(H,25,27)(H,23,24,26)/t19-/m1/s1. The Labute approximate surface area is 166 Å². The minimum absolute atomic E-state index is 0.00699. The zero-order valence-electron chi connectivity index (χ0n) is 16.0. The molecule has 1 aliphatic heterocycles. The van der Waals surface area contributed by atoms with E-state index in [1.54, 1.807) is 42.7 Å². The van der Waals surface area contributed by atoms with E-state index in [-0.39, 0.29) is 24.2 Å². The van der Waals surface area contributed by atoms with Crippen LogP contribution in [0.4, 0.5) is 0 Å². The van der Waals surface area contributed by atoms with E-state index in [1.807, 2.05) is 13.8 Å². The van der Waals surface area contributed by atoms with E-state index < -0.39 is 6.04 Å². The number of aromatic nitrogens is 3. The zero-order chi connectivity index (χ0) is 20.4. The average molecular weight is 392 g/mol. The van der Waals surface area contributed by atoms with Gasteiger partial charge in [0.05, 0.1) is 11.7 Å². The number of H-pyrrole nitrogens is 1. The number of hydrogen-bond acceptors (Lipinski definition) is 6. The summed E-state index contributed by atoms with van der Waals surface area (Å²) in [5, 5.41) is 2.98. The van der Waals surface area contributed by atoms with Gasteiger partial charge < -0.3 is 19.8 Å². The zero-order valence-corrected chi connectivity index (χ0v) is 16.0. The summed E-state index contributed by atoms with van der Waals surface area (Å²) in [5.41, 5.74) is 1.39. The van der Waals surface area contributed by atoms with E-state index in [4.69, 9.17) is 9.47 Å². The van der Waals surface area contributed by atoms with Crippen molar-refractivity contribution in [2.75, 3.05) is 6.79 Å². The van der Waals surface area contributed by atoms with Crippen molar-refractivity contribution in [2.24, 2.45) is 5.92 Å². The molecule has 2 N–H and O–H groups in total. The molecule has 8 heteroatoms. The third-order valence-electron chi connectivity index (χ3n) is 4.62. The molecule has 1 aliphatic rings. The number of rotatable bonds is 5. The lowest BCUT2D eigenvalue weighted by atomic mass is 9.99. The first-order chi connectivity index (χ1) is 14.0. The van der Waals surface area contributed by atoms with E-state index in [9.17, 15) is 9.59 Å². The second-order valence-electron chi connectivity index (χ2n) is 7.02. The predicted molar refractivity (Wildman–Crippen MR) is 106 cm³/mol. The highest BCUT2D eigenvalue weighted by Crippen LogP contribution is 2.32. The minimum Gasteiger partial charge on any atom is -0.454 e. The van der Waals surface area contributed by atoms with Gasteiger partial charge in [-0.15, -0.1) is 0 Å². The van der Waals surface area contributed by atoms with Crippen LogP contribution in [-0.2, 0) is 0 Å². The molecular formula is C21H20N4O4. The molecule has 1 atom stereocenters. The van der Waals surface area contributed by atoms with Crippen LogP contribution in [0.15, 0.2) is 53.6 Å². The van der Waals surface area contributed by atoms with Gasteiger partial charge >= 0.3 is 0 Å². The number of amides is 1. The smallest absolute Gasteiger partial charge is 0.251 e. The fourth-order valence-corrected chi connectivity index (χ4v) is 3.13. The Balaban J connectivity index is 1.63. The molecule has 0 bridgehead atoms. The van der Waals surface area contributed by atoms with Crippen molar-refractivity contribution in [3.63, 3.8) is 0 Å². The normalized spacial score (nSPS) is 13.3. The Bertz CT molecular complexity index is 1100. The Morgan fingerprint density at radius 2 is 1.86 bits per heavy atom. The fourth-order valence-electron chi connectivity index (χ4n) is 3.13. The van der Waals surface area contributed by atoms with E-state index in [0.717, 1.165) is 5.56 Å². The van der Waals surface area contributed by atoms with Crippen molar-refractivity contribution in [1.82, 2.24) is 20.3 Å². The lowest BCUT2D eigenvalue weighted by Crippen LogP contribution is -2.33. The molecule has 3 heterocycles. The molecule has 0 radical (unpaired) electrons. The summed E-state index contributed by atoms with van der Waals surface area (Å²) in [6.07, 6.45) is 3.26. The van der Waals surface area contributed by atoms with Gasteiger partial charge in [-0.2, -0.15) is 0 Å². The summed E-state index contributed by atoms with van der Waals surface area (Å²) in [7, 11) is 0. The Morgan fingerprint density at radius 3 is 2.62 bits per heavy atom. The van der Waals surface area contributed by atoms with Crippen molar-refractivity contribution in [3.8, 4) is 22.9 Å². The molecule has 0 fully saturated rings. The molecule has 3 aromatic rings. The molecule has 29 heavy (non-hydrogen) atoms. The summed E-state index contributed by atoms with van der Waals surface area (Å²) in [6.45, 7) is 4.06. The Kier molecular flexibility index (Phi) is 4.99. The lowest BCUT2D eigenvalue weighted by molar-refractivity contribution is 0.0924. The summed E-state index contributed by atoms with van der Waals surface area (Å²) >= 11 is 0. The van der Waals surface area contributed by atoms with E-state index >= 15 is 0 Å². The molecule has 4 rings (SSSR count). The van der Waals surface area contributed by atoms with Crippen molar-refractivity contribution < 1.29 is 14.3 Å². The number of fused-ring (bicyclic) bond motifs is 1. The van der Waals surface area contributed by atoms with Crippen molar-refractivity contribution in [3.05, 3.63) is 70.4 Å². The van der Waals surface area contributed by atoms with Gasteiger partial charge in [0.1, 0.15) is 5.82 Å². The fraction of sp³-hybridized carbons (Fsp3) is 0.238. The number of ether oxygens (including phenoxy) is 2. The molecular weight excluding hydrogens is 372 g/mol. The summed E-state index contributed by atoms with van der Waals surface area (Å²) < 4.78 is 10.6. The quantitative estimate of drug-likeness (QED) is 0.691. The molecule has 0 spiro atoms. The van der Waals surface area contributed by atoms with Crippen LogP contribution < -0.4 is 20.3 Å². The highest BCUT2D eigenvalue weighted by molar-refractivity contribution is 5.95. The Hall–Kier alpha value is -3.68. The lowest BCUT2D eigenvalue weighted by Gasteiger charge is -2.22. The Morgan fingerprint density at radius 1 is 1.10 bits per heavy atom. The summed E-state index contributed by atoms with van der Waals surface area (Å²) in [6, 6.07) is 9.51. The van der Waals surface area contributed by atoms with Crippen LogP contribution in [0.1, 0.15) is 35.9 Å². The molecule has 0 saturated heterocycles. The van der Waals surface area contributed by atoms with Crippen molar-refractivity contribution in [2.45, 2.75) is 19.9 Å². The first-order valence-corrected chi connectivity index (χ1v) is 9.23. The van der Waals surface area contributed by atoms with Gasteiger partial charge in [0.25, 0.3) is 11.5 Å². The van der Waals surface area contributed by atoms with Crippen LogP contribution >= 0.6 is 0 Å². The molecule has 1 aromatic carbocycles. The number of nitrogens with zero attached hydrogens (tertiary/aromatic N) is 2. The monoisotopic (exact) mass is 392 g/mol. The average Bonchev–Trinajstić information content (AvgIpc) is 3.19. The highest BCUT2D eigenvalue weighted by atomic mass is 16.7. The van der Waals surface area contributed by atoms with Crippen LogP contribution in [0.3, 0.4) is 0 Å². The van der Waals surface area contributed by atoms with Crippen molar-refractivity contribution in [1.29, 1.82) is 0 Å². The number of carbonyl (C=O) groups is 1. The maximum absolute atomic E-state index is 12.8. The number of aromatic amines is 1. The summed E-state index contributed by atoms with van der Waals surface area (Å²) in [4.78, 5) is 36.4. The van der Waals surface area contributed by atoms with Gasteiger partial charge in [-0.25, -0.2) is 4.98 Å². The van der Waals surface area contributed by atoms with Gasteiger partial charge in [-0.1, -0.05) is 13.8 Å². The molecule has 148 valence electrons. The topological polar surface area (TPSA) is 106 Å². The molecule has 0 unspecified atom stereocenters. The first kappa shape index (κ1) is 18.7. The van der Waals surface area contributed by atoms with Crippen LogP contribution in [0.25, 0.3) is 11.4 Å². The van der Waals surface area contributed by atoms with Crippen LogP contribution in [0.5, 0.6) is 11.5 Å². The van der Waals surface area contributed by atoms with Crippen molar-refractivity contribution >= 4 is 5.91 Å². The van der Waals surface area contributed by atoms with E-state index in [1.165, 1.54) is 6.07 Å². The SMILES string of the molecule is CC(C)[C@@H](NC(=O)c1ccc2c(c1)OCO2)c1cc(=O)[nH]c(-c2ccncc2)n1. The third-order valence-corrected chi connectivity index (χ3v) is 4.62. The van der Waals surface area contributed by atoms with Gasteiger partial charge in [0.2, 0.25) is 6.79 Å². The predicted octanol–water partition coefficient (Wildman–Crippen LogP) is 2.69. The number of pyridine rings is 1. The van der Waals surface area contributed by atoms with Gasteiger partial charge in [0.15, 0.2) is 11.5 Å². The third kappa shape index (κ3) is 3.96. The number of benzene rings is 1. The van der Waals surface area contributed by atoms with Crippen LogP contribution in [0.2, 0.25) is 0 Å². The number of hydrogen-bond donors (Lipinski definition) is 2. The van der Waals surface area contributed by atoms with E-state index in [2.05, 4.69) is 20.3 Å². The van der Waals surface area contributed by atoms with Gasteiger partial charge in [-0.3, -0.25) is 14.6 Å². The summed E-state index contributed by atoms with van der Waals surface area (Å²) in [5.74, 6) is 1.30. The number of carbonyl (C=O) groups excluding carboxylic acids is 1. The molecule has 2 aromatic heterocycles. The molecule has 0 aliphatic carbocycles. The highest BCUT2D eigenvalue weighted by Gasteiger charge is 2.23. The van der Waals surface area contributed by atoms with Gasteiger partial charge in [-0.05, 0) is 36.2 Å². The van der Waals surface area contributed by atoms with E-state index in [0.29, 0.717) is 28.6 Å². The van der Waals surface area contributed by atoms with Crippen LogP contribution in [0, 0.1) is 5.92 Å².